The van der Waals surface area contributed by atoms with Crippen molar-refractivity contribution < 1.29 is 106 Å². The van der Waals surface area contributed by atoms with Gasteiger partial charge >= 0.3 is 72.6 Å². The third kappa shape index (κ3) is 87.7. The van der Waals surface area contributed by atoms with Crippen molar-refractivity contribution in [2.24, 2.45) is 0 Å². The number of carbonyl (C=O) groups is 8. The first-order chi connectivity index (χ1) is 39.7. The molecule has 0 bridgehead atoms. The Hall–Kier alpha value is -5.50. The third-order valence-electron chi connectivity index (χ3n) is 10.7. The minimum atomic E-state index is -0.916. The number of hydrogen-bond acceptors (Lipinski definition) is 16. The quantitative estimate of drug-likeness (QED) is 0.00523. The van der Waals surface area contributed by atoms with E-state index < -0.39 is 35.6 Å². The van der Waals surface area contributed by atoms with Crippen molar-refractivity contribution in [2.45, 2.75) is 188 Å². The van der Waals surface area contributed by atoms with Crippen LogP contribution in [0.4, 0.5) is 0 Å². The molecule has 0 rings (SSSR count). The fourth-order valence-electron chi connectivity index (χ4n) is 6.38. The number of nitrogens with one attached hydrogen (secondary N) is 4. The summed E-state index contributed by atoms with van der Waals surface area (Å²) in [6, 6.07) is 0. The first-order valence-corrected chi connectivity index (χ1v) is 29.5. The minimum Gasteiger partial charge on any atom is -0.870 e. The zero-order chi connectivity index (χ0) is 62.2. The number of aliphatic hydroxyl groups excluding tert-OH is 1. The Kier molecular flexibility index (Phi) is 89.7. The van der Waals surface area contributed by atoms with Crippen LogP contribution in [0.1, 0.15) is 188 Å². The summed E-state index contributed by atoms with van der Waals surface area (Å²) in [4.78, 5) is 89.0. The summed E-state index contributed by atoms with van der Waals surface area (Å²) in [5.41, 5.74) is 7.73. The number of carbonyl (C=O) groups excluding carboxylic acids is 7. The van der Waals surface area contributed by atoms with Crippen LogP contribution in [0.15, 0.2) is 49.6 Å². The molecular weight excluding hydrogens is 1080 g/mol. The maximum atomic E-state index is 11.2. The van der Waals surface area contributed by atoms with E-state index in [2.05, 4.69) is 68.3 Å². The van der Waals surface area contributed by atoms with E-state index in [9.17, 15) is 38.4 Å². The van der Waals surface area contributed by atoms with Gasteiger partial charge in [0.25, 0.3) is 0 Å². The molecule has 0 saturated heterocycles. The van der Waals surface area contributed by atoms with Crippen LogP contribution in [0.2, 0.25) is 0 Å². The monoisotopic (exact) mass is 1190 g/mol. The number of likely N-dealkylation sites (N-methyl/N-ethyl adjacent to an activating group) is 2. The summed E-state index contributed by atoms with van der Waals surface area (Å²) in [6.07, 6.45) is 40.9. The average Bonchev–Trinajstić information content (AvgIpc) is 3.46. The molecule has 0 aliphatic heterocycles. The van der Waals surface area contributed by atoms with E-state index in [4.69, 9.17) is 39.4 Å². The van der Waals surface area contributed by atoms with E-state index in [1.807, 2.05) is 12.2 Å². The summed E-state index contributed by atoms with van der Waals surface area (Å²) in [7, 11) is 2.87. The zero-order valence-electron chi connectivity index (χ0n) is 52.3. The van der Waals surface area contributed by atoms with E-state index in [1.54, 1.807) is 20.8 Å². The van der Waals surface area contributed by atoms with E-state index in [0.717, 1.165) is 135 Å². The first kappa shape index (κ1) is 92.2. The molecule has 0 spiro atoms. The Bertz CT molecular complexity index is 1700. The maximum Gasteiger partial charge on any atom is 1.00 e. The molecule has 24 heteroatoms. The molecule has 482 valence electrons. The third-order valence-corrected chi connectivity index (χ3v) is 10.7. The Morgan fingerprint density at radius 3 is 1.12 bits per heavy atom. The summed E-state index contributed by atoms with van der Waals surface area (Å²) in [5.74, 6) is -4.47. The molecule has 0 radical (unpaired) electrons. The average molecular weight is 1190 g/mol. The van der Waals surface area contributed by atoms with Crippen molar-refractivity contribution >= 4 is 53.7 Å². The summed E-state index contributed by atoms with van der Waals surface area (Å²) < 4.78 is 29.2. The molecule has 0 unspecified atom stereocenters. The number of esters is 3. The van der Waals surface area contributed by atoms with E-state index >= 15 is 0 Å². The predicted molar refractivity (Wildman–Crippen MR) is 322 cm³/mol. The molecule has 84 heavy (non-hydrogen) atoms. The van der Waals surface area contributed by atoms with Crippen LogP contribution >= 0.6 is 0 Å². The Balaban J connectivity index is -0.000000190. The molecular formula is C60H109LiN6O17. The summed E-state index contributed by atoms with van der Waals surface area (Å²) >= 11 is 0. The van der Waals surface area contributed by atoms with Crippen LogP contribution in [0, 0.1) is 0 Å². The molecule has 0 aliphatic carbocycles. The second kappa shape index (κ2) is 81.7. The van der Waals surface area contributed by atoms with Crippen LogP contribution in [0.3, 0.4) is 0 Å². The number of ether oxygens (including phenoxy) is 6. The van der Waals surface area contributed by atoms with Gasteiger partial charge in [-0.1, -0.05) is 87.8 Å². The Morgan fingerprint density at radius 1 is 0.464 bits per heavy atom. The molecule has 7 N–H and O–H groups in total. The Labute approximate surface area is 515 Å². The van der Waals surface area contributed by atoms with Crippen molar-refractivity contribution in [3.63, 3.8) is 0 Å². The molecule has 23 nitrogen and oxygen atoms in total. The minimum absolute atomic E-state index is 0. The van der Waals surface area contributed by atoms with Crippen molar-refractivity contribution in [2.75, 3.05) is 93.3 Å². The standard InChI is InChI=1S/C20H36N2O5.C18H32N2O5.C11H20O3.C7H14O.C4H6N2O2.Li.H2O/c1-3-27-18(23)17-26-16-14-12-10-8-6-4-5-7-9-11-13-15-22-20(25)19(24)21-2;1-19-17(23)18(24)20-13-11-9-7-5-3-2-4-6-8-10-12-14-25-15-16(21)22;1-3-5-6-7-8-9-13-10-11(12)14-4-2;1-2-3-4-5-6-7-8;1-2-8-4(7)3-6-5;;/h5,7H,3-4,6,8-17H2,1-2H3,(H,21,24)(H,22,25);3,5H,2,4,6-15H2,1H3,(H,19,23)(H,20,24)(H,21,22);3H,1,4-10H2,2H3;2,8H,1,3-7H2;3H,2H2,1H3;;1H2/q;;;;;+1;/p-1/b7-5-;5-3-;;;;;. The normalized spacial score (nSPS) is 9.83. The van der Waals surface area contributed by atoms with Crippen LogP contribution < -0.4 is 40.1 Å². The van der Waals surface area contributed by atoms with Gasteiger partial charge in [-0.3, -0.25) is 19.2 Å². The largest absolute Gasteiger partial charge is 1.00 e. The van der Waals surface area contributed by atoms with Crippen molar-refractivity contribution in [1.82, 2.24) is 21.3 Å². The number of aliphatic hydroxyl groups is 1. The van der Waals surface area contributed by atoms with Gasteiger partial charge in [0.2, 0.25) is 0 Å². The molecule has 0 aromatic rings. The van der Waals surface area contributed by atoms with Gasteiger partial charge in [0.1, 0.15) is 19.8 Å². The van der Waals surface area contributed by atoms with E-state index in [0.29, 0.717) is 65.6 Å². The Morgan fingerprint density at radius 2 is 0.786 bits per heavy atom. The van der Waals surface area contributed by atoms with Crippen molar-refractivity contribution in [3.8, 4) is 0 Å². The fraction of sp³-hybridized carbons (Fsp3) is 0.717. The molecule has 0 atom stereocenters. The van der Waals surface area contributed by atoms with E-state index in [-0.39, 0.29) is 56.1 Å². The molecule has 0 fully saturated rings. The molecule has 0 aliphatic rings. The van der Waals surface area contributed by atoms with Crippen molar-refractivity contribution in [1.29, 1.82) is 0 Å². The van der Waals surface area contributed by atoms with Crippen molar-refractivity contribution in [3.05, 3.63) is 55.1 Å². The van der Waals surface area contributed by atoms with Gasteiger partial charge in [-0.2, -0.15) is 4.79 Å². The molecule has 0 heterocycles. The number of allylic oxidation sites excluding steroid dienone is 6. The fourth-order valence-corrected chi connectivity index (χ4v) is 6.38. The molecule has 0 aromatic heterocycles. The van der Waals surface area contributed by atoms with Gasteiger partial charge < -0.3 is 70.9 Å². The van der Waals surface area contributed by atoms with E-state index in [1.165, 1.54) is 46.2 Å². The van der Waals surface area contributed by atoms with Gasteiger partial charge in [0.15, 0.2) is 0 Å². The van der Waals surface area contributed by atoms with Crippen LogP contribution in [0.25, 0.3) is 5.53 Å². The van der Waals surface area contributed by atoms with Crippen LogP contribution in [0.5, 0.6) is 0 Å². The zero-order valence-corrected chi connectivity index (χ0v) is 52.3. The number of aliphatic carboxylic acids is 1. The van der Waals surface area contributed by atoms with Crippen LogP contribution in [-0.2, 0) is 66.8 Å². The number of unbranched alkanes of at least 4 members (excludes halogenated alkanes) is 20. The molecule has 0 aromatic carbocycles. The predicted octanol–water partition coefficient (Wildman–Crippen LogP) is 5.23. The summed E-state index contributed by atoms with van der Waals surface area (Å²) in [6.45, 7) is 16.7. The maximum absolute atomic E-state index is 11.2. The number of rotatable bonds is 47. The first-order valence-electron chi connectivity index (χ1n) is 29.5. The number of amides is 4. The second-order valence-electron chi connectivity index (χ2n) is 17.9. The SMILES string of the molecule is C=CCCCCCO.C=CCCCCCOCC(=O)OCC.CCOC(=O)C=[N+]=[N-].CCOC(=O)COCCCCCCC/C=C\CCCCNC(=O)C(=O)NC.CNC(=O)C(=O)NCCCC/C=C\CCCCCCCOCC(=O)O.[Li+].[OH-]. The second-order valence-corrected chi connectivity index (χ2v) is 17.9. The van der Waals surface area contributed by atoms with Gasteiger partial charge in [0, 0.05) is 53.6 Å². The smallest absolute Gasteiger partial charge is 0.870 e. The van der Waals surface area contributed by atoms with Gasteiger partial charge in [-0.05, 0) is 136 Å². The topological polar surface area (TPSA) is 347 Å². The summed E-state index contributed by atoms with van der Waals surface area (Å²) in [5, 5.41) is 26.5. The van der Waals surface area contributed by atoms with Gasteiger partial charge in [-0.25, -0.2) is 19.2 Å². The van der Waals surface area contributed by atoms with Crippen LogP contribution in [-0.4, -0.2) is 167 Å². The number of hydrogen-bond donors (Lipinski definition) is 6. The van der Waals surface area contributed by atoms with Gasteiger partial charge in [0.05, 0.1) is 19.8 Å². The molecule has 0 saturated carbocycles. The molecule has 4 amide bonds. The number of carboxylic acid groups (broad SMARTS) is 1. The van der Waals surface area contributed by atoms with Gasteiger partial charge in [-0.15, -0.1) is 13.2 Å². The number of carboxylic acids is 1. The number of nitrogens with zero attached hydrogens (tertiary/aromatic N) is 2.